The maximum Gasteiger partial charge on any atom is 0.407 e. The summed E-state index contributed by atoms with van der Waals surface area (Å²) in [4.78, 5) is 35.6. The number of nitrogens with two attached hydrogens (primary N) is 1. The zero-order valence-electron chi connectivity index (χ0n) is 19.6. The Morgan fingerprint density at radius 3 is 2.34 bits per heavy atom. The molecule has 0 saturated carbocycles. The number of hydrogen-bond acceptors (Lipinski definition) is 6. The average molecular weight is 468 g/mol. The van der Waals surface area contributed by atoms with Crippen LogP contribution in [-0.2, 0) is 25.4 Å². The van der Waals surface area contributed by atoms with Gasteiger partial charge in [-0.1, -0.05) is 51.1 Å². The Morgan fingerprint density at radius 2 is 1.78 bits per heavy atom. The van der Waals surface area contributed by atoms with E-state index >= 15 is 0 Å². The third-order valence-corrected chi connectivity index (χ3v) is 10.0. The molecule has 0 aliphatic carbocycles. The summed E-state index contributed by atoms with van der Waals surface area (Å²) in [7, 11) is -1.98. The van der Waals surface area contributed by atoms with Crippen molar-refractivity contribution in [3.05, 3.63) is 35.9 Å². The van der Waals surface area contributed by atoms with Crippen LogP contribution in [0.15, 0.2) is 30.3 Å². The first kappa shape index (κ1) is 27.6. The van der Waals surface area contributed by atoms with E-state index in [2.05, 4.69) is 44.5 Å². The third-order valence-electron chi connectivity index (χ3n) is 5.47. The summed E-state index contributed by atoms with van der Waals surface area (Å²) in [6.45, 7) is 10.7. The van der Waals surface area contributed by atoms with Gasteiger partial charge in [0.1, 0.15) is 12.6 Å². The topological polar surface area (TPSA) is 140 Å². The van der Waals surface area contributed by atoms with E-state index in [4.69, 9.17) is 14.9 Å². The SMILES string of the molecule is CC(C)(C)[Si](C)(C)OCC[C@H](NC(=O)C[C@H](O)CNC(=O)OCc1ccccc1)C(N)=O. The summed E-state index contributed by atoms with van der Waals surface area (Å²) < 4.78 is 11.1. The molecule has 10 heteroatoms. The second-order valence-corrected chi connectivity index (χ2v) is 14.0. The molecule has 0 saturated heterocycles. The van der Waals surface area contributed by atoms with Crippen molar-refractivity contribution < 1.29 is 28.7 Å². The van der Waals surface area contributed by atoms with Gasteiger partial charge in [0.05, 0.1) is 12.5 Å². The first-order valence-electron chi connectivity index (χ1n) is 10.7. The molecule has 1 aromatic carbocycles. The minimum atomic E-state index is -1.98. The molecule has 3 amide bonds. The van der Waals surface area contributed by atoms with Crippen LogP contribution in [0.3, 0.4) is 0 Å². The van der Waals surface area contributed by atoms with Gasteiger partial charge < -0.3 is 30.6 Å². The Balaban J connectivity index is 2.37. The highest BCUT2D eigenvalue weighted by molar-refractivity contribution is 6.74. The van der Waals surface area contributed by atoms with E-state index in [0.29, 0.717) is 6.61 Å². The molecule has 180 valence electrons. The number of hydrogen-bond donors (Lipinski definition) is 4. The van der Waals surface area contributed by atoms with E-state index in [0.717, 1.165) is 5.56 Å². The van der Waals surface area contributed by atoms with Gasteiger partial charge in [-0.25, -0.2) is 4.79 Å². The molecule has 0 bridgehead atoms. The lowest BCUT2D eigenvalue weighted by Gasteiger charge is -2.36. The van der Waals surface area contributed by atoms with Gasteiger partial charge in [-0.2, -0.15) is 0 Å². The largest absolute Gasteiger partial charge is 0.445 e. The number of ether oxygens (including phenoxy) is 1. The molecule has 0 aliphatic heterocycles. The minimum absolute atomic E-state index is 0.0256. The maximum absolute atomic E-state index is 12.2. The number of rotatable bonds is 12. The van der Waals surface area contributed by atoms with Crippen molar-refractivity contribution in [2.45, 2.75) is 70.5 Å². The van der Waals surface area contributed by atoms with Crippen molar-refractivity contribution in [2.24, 2.45) is 5.73 Å². The van der Waals surface area contributed by atoms with Crippen molar-refractivity contribution in [2.75, 3.05) is 13.2 Å². The Hall–Kier alpha value is -2.43. The number of aliphatic hydroxyl groups excluding tert-OH is 1. The molecule has 0 radical (unpaired) electrons. The Morgan fingerprint density at radius 1 is 1.16 bits per heavy atom. The van der Waals surface area contributed by atoms with Crippen molar-refractivity contribution in [3.8, 4) is 0 Å². The quantitative estimate of drug-likeness (QED) is 0.347. The Bertz CT molecular complexity index is 752. The van der Waals surface area contributed by atoms with Crippen LogP contribution in [0.5, 0.6) is 0 Å². The number of alkyl carbamates (subject to hydrolysis) is 1. The fourth-order valence-corrected chi connectivity index (χ4v) is 3.51. The summed E-state index contributed by atoms with van der Waals surface area (Å²) in [5.74, 6) is -1.22. The van der Waals surface area contributed by atoms with Crippen molar-refractivity contribution in [3.63, 3.8) is 0 Å². The number of amides is 3. The summed E-state index contributed by atoms with van der Waals surface area (Å²) in [6, 6.07) is 8.26. The fraction of sp³-hybridized carbons (Fsp3) is 0.591. The molecule has 2 atom stereocenters. The molecular formula is C22H37N3O6Si. The van der Waals surface area contributed by atoms with Gasteiger partial charge in [-0.05, 0) is 30.1 Å². The number of carbonyl (C=O) groups is 3. The number of nitrogens with one attached hydrogen (secondary N) is 2. The molecule has 0 spiro atoms. The molecule has 1 rings (SSSR count). The molecule has 0 aromatic heterocycles. The lowest BCUT2D eigenvalue weighted by Crippen LogP contribution is -2.48. The predicted molar refractivity (Wildman–Crippen MR) is 124 cm³/mol. The van der Waals surface area contributed by atoms with Gasteiger partial charge in [0.15, 0.2) is 8.32 Å². The smallest absolute Gasteiger partial charge is 0.407 e. The molecule has 0 unspecified atom stereocenters. The Kier molecular flexibility index (Phi) is 10.8. The van der Waals surface area contributed by atoms with Crippen molar-refractivity contribution >= 4 is 26.2 Å². The summed E-state index contributed by atoms with van der Waals surface area (Å²) >= 11 is 0. The monoisotopic (exact) mass is 467 g/mol. The van der Waals surface area contributed by atoms with Crippen LogP contribution in [0.4, 0.5) is 4.79 Å². The highest BCUT2D eigenvalue weighted by atomic mass is 28.4. The standard InChI is InChI=1S/C22H37N3O6Si/c1-22(2,3)32(4,5)31-12-11-18(20(23)28)25-19(27)13-17(26)14-24-21(29)30-15-16-9-7-6-8-10-16/h6-10,17-18,26H,11-15H2,1-5H3,(H2,23,28)(H,24,29)(H,25,27)/t17-,18-/m0/s1. The normalized spacial score (nSPS) is 13.7. The zero-order valence-corrected chi connectivity index (χ0v) is 20.6. The molecule has 32 heavy (non-hydrogen) atoms. The second-order valence-electron chi connectivity index (χ2n) is 9.22. The molecular weight excluding hydrogens is 430 g/mol. The first-order chi connectivity index (χ1) is 14.8. The molecule has 0 heterocycles. The predicted octanol–water partition coefficient (Wildman–Crippen LogP) is 2.05. The van der Waals surface area contributed by atoms with Gasteiger partial charge in [-0.3, -0.25) is 9.59 Å². The van der Waals surface area contributed by atoms with Gasteiger partial charge >= 0.3 is 6.09 Å². The molecule has 5 N–H and O–H groups in total. The van der Waals surface area contributed by atoms with E-state index in [9.17, 15) is 19.5 Å². The van der Waals surface area contributed by atoms with Crippen LogP contribution >= 0.6 is 0 Å². The number of benzene rings is 1. The van der Waals surface area contributed by atoms with Gasteiger partial charge in [0, 0.05) is 13.2 Å². The van der Waals surface area contributed by atoms with Crippen LogP contribution in [0.2, 0.25) is 18.1 Å². The van der Waals surface area contributed by atoms with E-state index in [-0.39, 0.29) is 31.0 Å². The second kappa shape index (κ2) is 12.6. The lowest BCUT2D eigenvalue weighted by molar-refractivity contribution is -0.128. The van der Waals surface area contributed by atoms with E-state index < -0.39 is 38.4 Å². The molecule has 9 nitrogen and oxygen atoms in total. The number of primary amides is 1. The maximum atomic E-state index is 12.2. The van der Waals surface area contributed by atoms with Crippen LogP contribution in [0, 0.1) is 0 Å². The molecule has 0 aliphatic rings. The van der Waals surface area contributed by atoms with E-state index in [1.54, 1.807) is 0 Å². The van der Waals surface area contributed by atoms with E-state index in [1.807, 2.05) is 30.3 Å². The highest BCUT2D eigenvalue weighted by Crippen LogP contribution is 2.36. The average Bonchev–Trinajstić information content (AvgIpc) is 2.69. The first-order valence-corrected chi connectivity index (χ1v) is 13.6. The van der Waals surface area contributed by atoms with E-state index in [1.165, 1.54) is 0 Å². The van der Waals surface area contributed by atoms with Crippen LogP contribution in [0.25, 0.3) is 0 Å². The summed E-state index contributed by atoms with van der Waals surface area (Å²) in [6.07, 6.45) is -1.90. The van der Waals surface area contributed by atoms with Crippen molar-refractivity contribution in [1.29, 1.82) is 0 Å². The fourth-order valence-electron chi connectivity index (χ4n) is 2.45. The van der Waals surface area contributed by atoms with Gasteiger partial charge in [0.25, 0.3) is 0 Å². The number of carbonyl (C=O) groups excluding carboxylic acids is 3. The number of aliphatic hydroxyl groups is 1. The minimum Gasteiger partial charge on any atom is -0.445 e. The van der Waals surface area contributed by atoms with Crippen LogP contribution in [-0.4, -0.2) is 56.6 Å². The van der Waals surface area contributed by atoms with Gasteiger partial charge in [0.2, 0.25) is 11.8 Å². The summed E-state index contributed by atoms with van der Waals surface area (Å²) in [5.41, 5.74) is 6.23. The van der Waals surface area contributed by atoms with Crippen LogP contribution in [0.1, 0.15) is 39.2 Å². The van der Waals surface area contributed by atoms with Crippen LogP contribution < -0.4 is 16.4 Å². The third kappa shape index (κ3) is 10.3. The zero-order chi connectivity index (χ0) is 24.4. The lowest BCUT2D eigenvalue weighted by atomic mass is 10.1. The van der Waals surface area contributed by atoms with Crippen molar-refractivity contribution in [1.82, 2.24) is 10.6 Å². The van der Waals surface area contributed by atoms with Gasteiger partial charge in [-0.15, -0.1) is 0 Å². The molecule has 0 fully saturated rings. The summed E-state index contributed by atoms with van der Waals surface area (Å²) in [5, 5.41) is 15.0. The highest BCUT2D eigenvalue weighted by Gasteiger charge is 2.37. The molecule has 1 aromatic rings. The Labute approximate surface area is 191 Å².